The van der Waals surface area contributed by atoms with E-state index in [0.717, 1.165) is 29.5 Å². The predicted octanol–water partition coefficient (Wildman–Crippen LogP) is 3.81. The van der Waals surface area contributed by atoms with Crippen LogP contribution in [0.5, 0.6) is 0 Å². The van der Waals surface area contributed by atoms with Crippen molar-refractivity contribution in [2.24, 2.45) is 0 Å². The van der Waals surface area contributed by atoms with Gasteiger partial charge in [0.05, 0.1) is 6.04 Å². The molecular formula is C25H29N3O3. The summed E-state index contributed by atoms with van der Waals surface area (Å²) in [5.41, 5.74) is 3.36. The first-order valence-electron chi connectivity index (χ1n) is 11.1. The zero-order valence-corrected chi connectivity index (χ0v) is 17.9. The lowest BCUT2D eigenvalue weighted by molar-refractivity contribution is -0.128. The monoisotopic (exact) mass is 419 g/mol. The maximum atomic E-state index is 12.8. The largest absolute Gasteiger partial charge is 0.350 e. The van der Waals surface area contributed by atoms with Crippen molar-refractivity contribution < 1.29 is 14.4 Å². The molecule has 1 saturated heterocycles. The van der Waals surface area contributed by atoms with Crippen LogP contribution in [-0.2, 0) is 22.6 Å². The summed E-state index contributed by atoms with van der Waals surface area (Å²) < 4.78 is 0. The van der Waals surface area contributed by atoms with Crippen molar-refractivity contribution in [3.63, 3.8) is 0 Å². The van der Waals surface area contributed by atoms with E-state index in [1.165, 1.54) is 4.90 Å². The number of imide groups is 1. The molecule has 0 aromatic heterocycles. The molecular weight excluding hydrogens is 390 g/mol. The fourth-order valence-corrected chi connectivity index (χ4v) is 4.45. The van der Waals surface area contributed by atoms with Crippen molar-refractivity contribution in [3.8, 4) is 0 Å². The number of fused-ring (bicyclic) bond motifs is 2. The highest BCUT2D eigenvalue weighted by atomic mass is 16.2. The highest BCUT2D eigenvalue weighted by Crippen LogP contribution is 2.30. The van der Waals surface area contributed by atoms with E-state index in [0.29, 0.717) is 32.4 Å². The molecule has 1 unspecified atom stereocenters. The van der Waals surface area contributed by atoms with Gasteiger partial charge in [-0.3, -0.25) is 14.5 Å². The van der Waals surface area contributed by atoms with Gasteiger partial charge in [-0.25, -0.2) is 4.79 Å². The Balaban J connectivity index is 1.20. The molecule has 0 aliphatic carbocycles. The topological polar surface area (TPSA) is 69.7 Å². The normalized spacial score (nSPS) is 18.5. The molecule has 6 heteroatoms. The van der Waals surface area contributed by atoms with E-state index in [1.54, 1.807) is 4.90 Å². The Hall–Kier alpha value is -3.15. The summed E-state index contributed by atoms with van der Waals surface area (Å²) >= 11 is 0. The standard InChI is InChI=1S/C25H29N3O3/c1-18(19-10-4-2-5-11-19)26-23(29)14-6-3-9-15-27-24(30)22-16-20-12-7-8-13-21(20)17-28(22)25(27)31/h2,4-5,7-8,10-13,18,22H,3,6,9,14-17H2,1H3,(H,26,29)/t18?,22-/m0/s1. The number of nitrogens with one attached hydrogen (secondary N) is 1. The fraction of sp³-hybridized carbons (Fsp3) is 0.400. The molecule has 0 saturated carbocycles. The third kappa shape index (κ3) is 4.63. The van der Waals surface area contributed by atoms with E-state index in [-0.39, 0.29) is 29.9 Å². The van der Waals surface area contributed by atoms with Crippen molar-refractivity contribution in [2.75, 3.05) is 6.54 Å². The minimum atomic E-state index is -0.368. The SMILES string of the molecule is CC(NC(=O)CCCCCN1C(=O)[C@@H]2Cc3ccccc3CN2C1=O)c1ccccc1. The van der Waals surface area contributed by atoms with E-state index in [2.05, 4.69) is 5.32 Å². The van der Waals surface area contributed by atoms with Gasteiger partial charge in [-0.1, -0.05) is 61.0 Å². The number of hydrogen-bond donors (Lipinski definition) is 1. The van der Waals surface area contributed by atoms with Crippen LogP contribution in [0.4, 0.5) is 4.79 Å². The lowest BCUT2D eigenvalue weighted by Gasteiger charge is -2.28. The number of amides is 4. The van der Waals surface area contributed by atoms with Crippen LogP contribution < -0.4 is 5.32 Å². The molecule has 0 bridgehead atoms. The summed E-state index contributed by atoms with van der Waals surface area (Å²) in [5.74, 6) is -0.0616. The maximum Gasteiger partial charge on any atom is 0.327 e. The van der Waals surface area contributed by atoms with E-state index < -0.39 is 0 Å². The van der Waals surface area contributed by atoms with Gasteiger partial charge in [0, 0.05) is 25.9 Å². The lowest BCUT2D eigenvalue weighted by Crippen LogP contribution is -2.39. The lowest BCUT2D eigenvalue weighted by atomic mass is 9.95. The number of benzene rings is 2. The van der Waals surface area contributed by atoms with E-state index in [1.807, 2.05) is 61.5 Å². The molecule has 1 N–H and O–H groups in total. The number of urea groups is 1. The molecule has 1 fully saturated rings. The number of nitrogens with zero attached hydrogens (tertiary/aromatic N) is 2. The Kier molecular flexibility index (Phi) is 6.35. The highest BCUT2D eigenvalue weighted by Gasteiger charge is 2.46. The molecule has 4 amide bonds. The molecule has 2 aromatic rings. The molecule has 4 rings (SSSR count). The molecule has 2 heterocycles. The van der Waals surface area contributed by atoms with E-state index in [4.69, 9.17) is 0 Å². The molecule has 6 nitrogen and oxygen atoms in total. The van der Waals surface area contributed by atoms with Gasteiger partial charge < -0.3 is 10.2 Å². The van der Waals surface area contributed by atoms with Gasteiger partial charge in [-0.05, 0) is 36.5 Å². The van der Waals surface area contributed by atoms with Crippen molar-refractivity contribution in [1.29, 1.82) is 0 Å². The number of carbonyl (C=O) groups excluding carboxylic acids is 3. The summed E-state index contributed by atoms with van der Waals surface area (Å²) in [6.45, 7) is 2.90. The van der Waals surface area contributed by atoms with Gasteiger partial charge >= 0.3 is 6.03 Å². The summed E-state index contributed by atoms with van der Waals surface area (Å²) in [7, 11) is 0. The molecule has 31 heavy (non-hydrogen) atoms. The predicted molar refractivity (Wildman–Crippen MR) is 118 cm³/mol. The van der Waals surface area contributed by atoms with Gasteiger partial charge in [-0.15, -0.1) is 0 Å². The third-order valence-corrected chi connectivity index (χ3v) is 6.24. The van der Waals surface area contributed by atoms with Crippen LogP contribution in [0, 0.1) is 0 Å². The van der Waals surface area contributed by atoms with Crippen molar-refractivity contribution in [1.82, 2.24) is 15.1 Å². The van der Waals surface area contributed by atoms with Crippen LogP contribution in [0.1, 0.15) is 55.3 Å². The first-order valence-corrected chi connectivity index (χ1v) is 11.1. The second-order valence-electron chi connectivity index (χ2n) is 8.40. The molecule has 0 radical (unpaired) electrons. The van der Waals surface area contributed by atoms with Crippen LogP contribution in [0.25, 0.3) is 0 Å². The molecule has 2 atom stereocenters. The van der Waals surface area contributed by atoms with Crippen molar-refractivity contribution >= 4 is 17.8 Å². The fourth-order valence-electron chi connectivity index (χ4n) is 4.45. The first-order chi connectivity index (χ1) is 15.0. The average Bonchev–Trinajstić information content (AvgIpc) is 3.02. The Bertz CT molecular complexity index is 916. The number of carbonyl (C=O) groups is 3. The quantitative estimate of drug-likeness (QED) is 0.522. The summed E-state index contributed by atoms with van der Waals surface area (Å²) in [4.78, 5) is 40.8. The summed E-state index contributed by atoms with van der Waals surface area (Å²) in [5, 5.41) is 3.02. The molecule has 2 aromatic carbocycles. The van der Waals surface area contributed by atoms with Crippen molar-refractivity contribution in [2.45, 2.75) is 57.7 Å². The van der Waals surface area contributed by atoms with Gasteiger partial charge in [0.2, 0.25) is 5.91 Å². The Morgan fingerprint density at radius 3 is 2.48 bits per heavy atom. The Morgan fingerprint density at radius 2 is 1.71 bits per heavy atom. The van der Waals surface area contributed by atoms with Crippen LogP contribution in [0.15, 0.2) is 54.6 Å². The number of hydrogen-bond acceptors (Lipinski definition) is 3. The molecule has 2 aliphatic rings. The Labute approximate surface area is 183 Å². The van der Waals surface area contributed by atoms with Gasteiger partial charge in [-0.2, -0.15) is 0 Å². The van der Waals surface area contributed by atoms with Crippen LogP contribution >= 0.6 is 0 Å². The van der Waals surface area contributed by atoms with Gasteiger partial charge in [0.15, 0.2) is 0 Å². The van der Waals surface area contributed by atoms with Crippen molar-refractivity contribution in [3.05, 3.63) is 71.3 Å². The van der Waals surface area contributed by atoms with Crippen LogP contribution in [0.2, 0.25) is 0 Å². The van der Waals surface area contributed by atoms with E-state index >= 15 is 0 Å². The zero-order chi connectivity index (χ0) is 21.8. The second-order valence-corrected chi connectivity index (χ2v) is 8.40. The molecule has 162 valence electrons. The minimum Gasteiger partial charge on any atom is -0.350 e. The highest BCUT2D eigenvalue weighted by molar-refractivity contribution is 6.04. The first kappa shape index (κ1) is 21.1. The zero-order valence-electron chi connectivity index (χ0n) is 17.9. The summed E-state index contributed by atoms with van der Waals surface area (Å²) in [6, 6.07) is 17.3. The van der Waals surface area contributed by atoms with E-state index in [9.17, 15) is 14.4 Å². The molecule has 0 spiro atoms. The van der Waals surface area contributed by atoms with Crippen LogP contribution in [-0.4, -0.2) is 40.2 Å². The number of unbranched alkanes of at least 4 members (excludes halogenated alkanes) is 2. The average molecular weight is 420 g/mol. The maximum absolute atomic E-state index is 12.8. The smallest absolute Gasteiger partial charge is 0.327 e. The third-order valence-electron chi connectivity index (χ3n) is 6.24. The van der Waals surface area contributed by atoms with Crippen LogP contribution in [0.3, 0.4) is 0 Å². The van der Waals surface area contributed by atoms with Gasteiger partial charge in [0.1, 0.15) is 6.04 Å². The number of rotatable bonds is 8. The second kappa shape index (κ2) is 9.33. The molecule has 2 aliphatic heterocycles. The summed E-state index contributed by atoms with van der Waals surface area (Å²) in [6.07, 6.45) is 3.30. The minimum absolute atomic E-state index is 0.0185. The van der Waals surface area contributed by atoms with Gasteiger partial charge in [0.25, 0.3) is 5.91 Å². The Morgan fingerprint density at radius 1 is 1.00 bits per heavy atom.